The molecule has 2 saturated heterocycles. The van der Waals surface area contributed by atoms with Gasteiger partial charge in [0, 0.05) is 26.1 Å². The predicted molar refractivity (Wildman–Crippen MR) is 90.6 cm³/mol. The second-order valence-corrected chi connectivity index (χ2v) is 7.64. The third-order valence-corrected chi connectivity index (χ3v) is 5.92. The zero-order chi connectivity index (χ0) is 17.3. The van der Waals surface area contributed by atoms with E-state index in [1.54, 1.807) is 0 Å². The van der Waals surface area contributed by atoms with Crippen LogP contribution >= 0.6 is 0 Å². The van der Waals surface area contributed by atoms with Crippen LogP contribution in [0.3, 0.4) is 0 Å². The molecule has 3 heterocycles. The summed E-state index contributed by atoms with van der Waals surface area (Å²) in [4.78, 5) is 22.5. The van der Waals surface area contributed by atoms with Gasteiger partial charge >= 0.3 is 0 Å². The fraction of sp³-hybridized carbons (Fsp3) is 0.722. The number of nitrogens with one attached hydrogen (secondary N) is 1. The molecule has 4 rings (SSSR count). The van der Waals surface area contributed by atoms with Crippen molar-refractivity contribution >= 4 is 11.9 Å². The molecule has 1 N–H and O–H groups in total. The van der Waals surface area contributed by atoms with Crippen molar-refractivity contribution in [3.63, 3.8) is 0 Å². The molecule has 0 aromatic carbocycles. The molecular weight excluding hydrogens is 323 g/mol. The first-order valence-corrected chi connectivity index (χ1v) is 9.24. The molecule has 0 bridgehead atoms. The summed E-state index contributed by atoms with van der Waals surface area (Å²) in [6.45, 7) is 2.99. The Morgan fingerprint density at radius 1 is 1.28 bits per heavy atom. The number of anilines is 1. The maximum Gasteiger partial charge on any atom is 0.225 e. The van der Waals surface area contributed by atoms with Crippen molar-refractivity contribution in [1.29, 1.82) is 0 Å². The topological polar surface area (TPSA) is 67.3 Å². The van der Waals surface area contributed by atoms with Crippen LogP contribution in [0.1, 0.15) is 38.5 Å². The van der Waals surface area contributed by atoms with Crippen molar-refractivity contribution in [3.8, 4) is 0 Å². The van der Waals surface area contributed by atoms with Gasteiger partial charge in [-0.15, -0.1) is 0 Å². The number of hydrogen-bond donors (Lipinski definition) is 1. The molecule has 25 heavy (non-hydrogen) atoms. The van der Waals surface area contributed by atoms with Crippen molar-refractivity contribution in [3.05, 3.63) is 18.2 Å². The smallest absolute Gasteiger partial charge is 0.225 e. The van der Waals surface area contributed by atoms with E-state index < -0.39 is 5.82 Å². The van der Waals surface area contributed by atoms with Gasteiger partial charge < -0.3 is 15.0 Å². The predicted octanol–water partition coefficient (Wildman–Crippen LogP) is 1.91. The van der Waals surface area contributed by atoms with E-state index in [4.69, 9.17) is 4.74 Å². The summed E-state index contributed by atoms with van der Waals surface area (Å²) in [5.74, 6) is 0.928. The molecule has 1 saturated carbocycles. The fourth-order valence-corrected chi connectivity index (χ4v) is 4.08. The van der Waals surface area contributed by atoms with Gasteiger partial charge in [-0.3, -0.25) is 4.79 Å². The summed E-state index contributed by atoms with van der Waals surface area (Å²) < 4.78 is 18.7. The van der Waals surface area contributed by atoms with Gasteiger partial charge in [-0.2, -0.15) is 0 Å². The Balaban J connectivity index is 1.39. The number of halogens is 1. The van der Waals surface area contributed by atoms with Crippen molar-refractivity contribution < 1.29 is 13.9 Å². The molecule has 1 aliphatic carbocycles. The highest BCUT2D eigenvalue weighted by molar-refractivity contribution is 5.77. The maximum absolute atomic E-state index is 13.0. The first-order chi connectivity index (χ1) is 12.1. The summed E-state index contributed by atoms with van der Waals surface area (Å²) in [5.41, 5.74) is 0.0913. The van der Waals surface area contributed by atoms with E-state index in [1.165, 1.54) is 25.2 Å². The van der Waals surface area contributed by atoms with E-state index >= 15 is 0 Å². The monoisotopic (exact) mass is 348 g/mol. The zero-order valence-electron chi connectivity index (χ0n) is 14.4. The highest BCUT2D eigenvalue weighted by Crippen LogP contribution is 2.41. The average molecular weight is 348 g/mol. The van der Waals surface area contributed by atoms with Gasteiger partial charge in [0.1, 0.15) is 0 Å². The molecule has 0 unspecified atom stereocenters. The van der Waals surface area contributed by atoms with Crippen LogP contribution in [-0.2, 0) is 9.53 Å². The molecule has 3 fully saturated rings. The van der Waals surface area contributed by atoms with Crippen molar-refractivity contribution in [2.45, 2.75) is 44.6 Å². The number of ether oxygens (including phenoxy) is 1. The van der Waals surface area contributed by atoms with Crippen molar-refractivity contribution in [1.82, 2.24) is 15.3 Å². The lowest BCUT2D eigenvalue weighted by Gasteiger charge is -2.49. The Morgan fingerprint density at radius 3 is 2.68 bits per heavy atom. The van der Waals surface area contributed by atoms with Gasteiger partial charge in [-0.05, 0) is 43.4 Å². The quantitative estimate of drug-likeness (QED) is 0.900. The Labute approximate surface area is 147 Å². The number of piperidine rings is 1. The summed E-state index contributed by atoms with van der Waals surface area (Å²) in [6, 6.07) is 0.0868. The molecule has 1 aromatic heterocycles. The number of aromatic nitrogens is 2. The maximum atomic E-state index is 13.0. The van der Waals surface area contributed by atoms with Crippen LogP contribution in [0.25, 0.3) is 0 Å². The van der Waals surface area contributed by atoms with E-state index in [0.717, 1.165) is 39.0 Å². The Kier molecular flexibility index (Phi) is 4.58. The Hall–Kier alpha value is -1.76. The molecule has 6 nitrogen and oxygen atoms in total. The molecule has 1 amide bonds. The number of amides is 1. The van der Waals surface area contributed by atoms with Crippen LogP contribution in [0.5, 0.6) is 0 Å². The lowest BCUT2D eigenvalue weighted by molar-refractivity contribution is -0.126. The Bertz CT molecular complexity index is 612. The van der Waals surface area contributed by atoms with Gasteiger partial charge in [0.05, 0.1) is 25.0 Å². The van der Waals surface area contributed by atoms with E-state index in [-0.39, 0.29) is 17.4 Å². The largest absolute Gasteiger partial charge is 0.379 e. The third-order valence-electron chi connectivity index (χ3n) is 5.92. The molecule has 3 aliphatic rings. The molecule has 1 atom stereocenters. The van der Waals surface area contributed by atoms with Crippen LogP contribution < -0.4 is 10.2 Å². The van der Waals surface area contributed by atoms with Crippen LogP contribution in [0.2, 0.25) is 0 Å². The van der Waals surface area contributed by atoms with Crippen LogP contribution in [-0.4, -0.2) is 48.2 Å². The highest BCUT2D eigenvalue weighted by Gasteiger charge is 2.44. The van der Waals surface area contributed by atoms with E-state index in [0.29, 0.717) is 24.9 Å². The third kappa shape index (κ3) is 3.76. The number of hydrogen-bond acceptors (Lipinski definition) is 5. The molecule has 136 valence electrons. The zero-order valence-corrected chi connectivity index (χ0v) is 14.4. The van der Waals surface area contributed by atoms with E-state index in [2.05, 4.69) is 20.2 Å². The van der Waals surface area contributed by atoms with Gasteiger partial charge in [0.15, 0.2) is 5.82 Å². The van der Waals surface area contributed by atoms with Gasteiger partial charge in [-0.25, -0.2) is 14.4 Å². The van der Waals surface area contributed by atoms with Crippen LogP contribution in [0.15, 0.2) is 12.4 Å². The minimum atomic E-state index is -0.417. The van der Waals surface area contributed by atoms with Gasteiger partial charge in [0.2, 0.25) is 11.9 Å². The summed E-state index contributed by atoms with van der Waals surface area (Å²) in [6.07, 6.45) is 8.35. The number of carbonyl (C=O) groups is 1. The lowest BCUT2D eigenvalue weighted by atomic mass is 9.69. The standard InChI is InChI=1S/C18H25FN4O2/c19-14-10-20-17(21-11-14)23-6-3-18(4-7-23)5-8-25-12-15(18)22-16(24)9-13-1-2-13/h10-11,13,15H,1-9,12H2,(H,22,24)/t15-/m1/s1. The highest BCUT2D eigenvalue weighted by atomic mass is 19.1. The second-order valence-electron chi connectivity index (χ2n) is 7.64. The van der Waals surface area contributed by atoms with Crippen molar-refractivity contribution in [2.75, 3.05) is 31.2 Å². The molecule has 1 spiro atoms. The van der Waals surface area contributed by atoms with E-state index in [1.807, 2.05) is 0 Å². The molecule has 7 heteroatoms. The number of nitrogens with zero attached hydrogens (tertiary/aromatic N) is 3. The average Bonchev–Trinajstić information content (AvgIpc) is 3.43. The number of rotatable bonds is 4. The van der Waals surface area contributed by atoms with E-state index in [9.17, 15) is 9.18 Å². The van der Waals surface area contributed by atoms with Gasteiger partial charge in [0.25, 0.3) is 0 Å². The lowest BCUT2D eigenvalue weighted by Crippen LogP contribution is -2.57. The summed E-state index contributed by atoms with van der Waals surface area (Å²) in [7, 11) is 0. The van der Waals surface area contributed by atoms with Crippen LogP contribution in [0.4, 0.5) is 10.3 Å². The molecule has 2 aliphatic heterocycles. The minimum Gasteiger partial charge on any atom is -0.379 e. The number of carbonyl (C=O) groups excluding carboxylic acids is 1. The molecule has 0 radical (unpaired) electrons. The fourth-order valence-electron chi connectivity index (χ4n) is 4.08. The van der Waals surface area contributed by atoms with Crippen molar-refractivity contribution in [2.24, 2.45) is 11.3 Å². The first-order valence-electron chi connectivity index (χ1n) is 9.24. The second kappa shape index (κ2) is 6.86. The molecular formula is C18H25FN4O2. The first kappa shape index (κ1) is 16.7. The minimum absolute atomic E-state index is 0.0868. The van der Waals surface area contributed by atoms with Gasteiger partial charge in [-0.1, -0.05) is 0 Å². The normalized spacial score (nSPS) is 25.8. The Morgan fingerprint density at radius 2 is 2.00 bits per heavy atom. The SMILES string of the molecule is O=C(CC1CC1)N[C@@H]1COCCC12CCN(c1ncc(F)cn1)CC2. The molecule has 1 aromatic rings. The van der Waals surface area contributed by atoms with Crippen LogP contribution in [0, 0.1) is 17.2 Å². The summed E-state index contributed by atoms with van der Waals surface area (Å²) in [5, 5.41) is 3.25. The summed E-state index contributed by atoms with van der Waals surface area (Å²) >= 11 is 0.